The maximum atomic E-state index is 12.6. The fourth-order valence-electron chi connectivity index (χ4n) is 4.43. The van der Waals surface area contributed by atoms with E-state index in [1.54, 1.807) is 6.07 Å². The van der Waals surface area contributed by atoms with Crippen molar-refractivity contribution in [2.45, 2.75) is 39.3 Å². The number of halogens is 1. The van der Waals surface area contributed by atoms with Crippen molar-refractivity contribution >= 4 is 11.6 Å². The number of H-pyrrole nitrogens is 1. The summed E-state index contributed by atoms with van der Waals surface area (Å²) in [7, 11) is 0. The van der Waals surface area contributed by atoms with Crippen LogP contribution in [0.15, 0.2) is 64.2 Å². The number of aromatic nitrogens is 2. The monoisotopic (exact) mass is 467 g/mol. The van der Waals surface area contributed by atoms with Gasteiger partial charge in [-0.25, -0.2) is 4.79 Å². The molecule has 0 spiro atoms. The summed E-state index contributed by atoms with van der Waals surface area (Å²) < 4.78 is 6.85. The Morgan fingerprint density at radius 3 is 2.48 bits per heavy atom. The first-order valence-electron chi connectivity index (χ1n) is 11.5. The number of likely N-dealkylation sites (tertiary alicyclic amines) is 1. The molecular formula is C26H30ClN3O3. The summed E-state index contributed by atoms with van der Waals surface area (Å²) in [6.07, 6.45) is 3.02. The molecule has 0 amide bonds. The first-order valence-corrected chi connectivity index (χ1v) is 11.9. The minimum Gasteiger partial charge on any atom is -0.494 e. The van der Waals surface area contributed by atoms with Crippen LogP contribution in [0.3, 0.4) is 0 Å². The van der Waals surface area contributed by atoms with E-state index in [2.05, 4.69) is 9.88 Å². The average molecular weight is 468 g/mol. The van der Waals surface area contributed by atoms with Crippen LogP contribution < -0.4 is 16.0 Å². The number of hydrogen-bond donors (Lipinski definition) is 1. The largest absolute Gasteiger partial charge is 0.494 e. The molecule has 0 radical (unpaired) electrons. The third-order valence-corrected chi connectivity index (χ3v) is 6.57. The molecule has 6 nitrogen and oxygen atoms in total. The van der Waals surface area contributed by atoms with E-state index in [9.17, 15) is 9.59 Å². The number of benzene rings is 2. The SMILES string of the molecule is CCOc1ccc(Cl)c(CC2CCN(Cc3cc(=O)n(Cc4ccccc4)c(=O)[nH]3)CC2)c1. The van der Waals surface area contributed by atoms with Crippen LogP contribution in [0.1, 0.15) is 36.6 Å². The summed E-state index contributed by atoms with van der Waals surface area (Å²) in [5.74, 6) is 1.41. The molecule has 1 fully saturated rings. The Labute approximate surface area is 198 Å². The predicted molar refractivity (Wildman–Crippen MR) is 131 cm³/mol. The van der Waals surface area contributed by atoms with Crippen molar-refractivity contribution in [2.75, 3.05) is 19.7 Å². The van der Waals surface area contributed by atoms with Gasteiger partial charge in [0, 0.05) is 23.3 Å². The fraction of sp³-hybridized carbons (Fsp3) is 0.385. The molecular weight excluding hydrogens is 438 g/mol. The van der Waals surface area contributed by atoms with Gasteiger partial charge in [-0.05, 0) is 74.5 Å². The Hall–Kier alpha value is -2.83. The Morgan fingerprint density at radius 2 is 1.79 bits per heavy atom. The van der Waals surface area contributed by atoms with Crippen LogP contribution in [0.25, 0.3) is 0 Å². The second kappa shape index (κ2) is 10.9. The molecule has 1 aliphatic rings. The molecule has 0 bridgehead atoms. The number of aromatic amines is 1. The van der Waals surface area contributed by atoms with Crippen molar-refractivity contribution in [3.05, 3.63) is 97.3 Å². The standard InChI is InChI=1S/C26H30ClN3O3/c1-2-33-23-8-9-24(27)21(15-23)14-19-10-12-29(13-11-19)18-22-16-25(31)30(26(32)28-22)17-20-6-4-3-5-7-20/h3-9,15-16,19H,2,10-14,17-18H2,1H3,(H,28,32). The Kier molecular flexibility index (Phi) is 7.68. The van der Waals surface area contributed by atoms with Crippen LogP contribution in [0.5, 0.6) is 5.75 Å². The second-order valence-corrected chi connectivity index (χ2v) is 9.03. The summed E-state index contributed by atoms with van der Waals surface area (Å²) in [6, 6.07) is 16.9. The number of ether oxygens (including phenoxy) is 1. The Bertz CT molecular complexity index is 1150. The highest BCUT2D eigenvalue weighted by Crippen LogP contribution is 2.28. The molecule has 1 saturated heterocycles. The molecule has 1 aromatic heterocycles. The van der Waals surface area contributed by atoms with Gasteiger partial charge < -0.3 is 9.72 Å². The minimum atomic E-state index is -0.361. The van der Waals surface area contributed by atoms with E-state index in [4.69, 9.17) is 16.3 Å². The summed E-state index contributed by atoms with van der Waals surface area (Å²) in [5, 5.41) is 0.787. The molecule has 0 unspecified atom stereocenters. The van der Waals surface area contributed by atoms with Crippen LogP contribution in [0.2, 0.25) is 5.02 Å². The van der Waals surface area contributed by atoms with Crippen molar-refractivity contribution in [1.29, 1.82) is 0 Å². The number of nitrogens with zero attached hydrogens (tertiary/aromatic N) is 2. The lowest BCUT2D eigenvalue weighted by atomic mass is 9.90. The van der Waals surface area contributed by atoms with E-state index < -0.39 is 0 Å². The van der Waals surface area contributed by atoms with Gasteiger partial charge in [-0.2, -0.15) is 0 Å². The third kappa shape index (κ3) is 6.15. The van der Waals surface area contributed by atoms with E-state index in [1.807, 2.05) is 55.5 Å². The molecule has 4 rings (SSSR count). The zero-order chi connectivity index (χ0) is 23.2. The second-order valence-electron chi connectivity index (χ2n) is 8.62. The van der Waals surface area contributed by atoms with E-state index in [0.29, 0.717) is 24.8 Å². The van der Waals surface area contributed by atoms with Crippen LogP contribution in [0.4, 0.5) is 0 Å². The minimum absolute atomic E-state index is 0.267. The normalized spacial score (nSPS) is 15.0. The summed E-state index contributed by atoms with van der Waals surface area (Å²) >= 11 is 6.41. The third-order valence-electron chi connectivity index (χ3n) is 6.20. The lowest BCUT2D eigenvalue weighted by Gasteiger charge is -2.32. The van der Waals surface area contributed by atoms with E-state index in [1.165, 1.54) is 4.57 Å². The molecule has 174 valence electrons. The van der Waals surface area contributed by atoms with Gasteiger partial charge in [0.1, 0.15) is 5.75 Å². The highest BCUT2D eigenvalue weighted by molar-refractivity contribution is 6.31. The van der Waals surface area contributed by atoms with Gasteiger partial charge in [0.25, 0.3) is 5.56 Å². The predicted octanol–water partition coefficient (Wildman–Crippen LogP) is 4.09. The van der Waals surface area contributed by atoms with Crippen molar-refractivity contribution in [2.24, 2.45) is 5.92 Å². The molecule has 0 atom stereocenters. The number of nitrogens with one attached hydrogen (secondary N) is 1. The quantitative estimate of drug-likeness (QED) is 0.541. The summed E-state index contributed by atoms with van der Waals surface area (Å²) in [4.78, 5) is 30.3. The number of piperidine rings is 1. The van der Waals surface area contributed by atoms with Crippen LogP contribution in [0, 0.1) is 5.92 Å². The lowest BCUT2D eigenvalue weighted by Crippen LogP contribution is -2.38. The van der Waals surface area contributed by atoms with Gasteiger partial charge >= 0.3 is 5.69 Å². The molecule has 2 aromatic carbocycles. The highest BCUT2D eigenvalue weighted by atomic mass is 35.5. The zero-order valence-corrected chi connectivity index (χ0v) is 19.7. The topological polar surface area (TPSA) is 67.3 Å². The Balaban J connectivity index is 1.34. The van der Waals surface area contributed by atoms with E-state index in [-0.39, 0.29) is 17.8 Å². The summed E-state index contributed by atoms with van der Waals surface area (Å²) in [5.41, 5.74) is 2.09. The van der Waals surface area contributed by atoms with Gasteiger partial charge in [0.15, 0.2) is 0 Å². The Morgan fingerprint density at radius 1 is 1.03 bits per heavy atom. The molecule has 0 saturated carbocycles. The zero-order valence-electron chi connectivity index (χ0n) is 18.9. The fourth-order valence-corrected chi connectivity index (χ4v) is 4.63. The maximum Gasteiger partial charge on any atom is 0.328 e. The first kappa shape index (κ1) is 23.3. The molecule has 0 aliphatic carbocycles. The van der Waals surface area contributed by atoms with Crippen LogP contribution >= 0.6 is 11.6 Å². The van der Waals surface area contributed by atoms with Gasteiger partial charge in [0.2, 0.25) is 0 Å². The van der Waals surface area contributed by atoms with Crippen molar-refractivity contribution in [3.63, 3.8) is 0 Å². The van der Waals surface area contributed by atoms with Gasteiger partial charge in [-0.15, -0.1) is 0 Å². The molecule has 3 aromatic rings. The number of hydrogen-bond acceptors (Lipinski definition) is 4. The smallest absolute Gasteiger partial charge is 0.328 e. The van der Waals surface area contributed by atoms with Gasteiger partial charge in [-0.3, -0.25) is 14.3 Å². The van der Waals surface area contributed by atoms with Crippen LogP contribution in [-0.4, -0.2) is 34.1 Å². The summed E-state index contributed by atoms with van der Waals surface area (Å²) in [6.45, 7) is 5.30. The molecule has 7 heteroatoms. The molecule has 1 N–H and O–H groups in total. The average Bonchev–Trinajstić information content (AvgIpc) is 2.81. The number of rotatable bonds is 8. The molecule has 33 heavy (non-hydrogen) atoms. The van der Waals surface area contributed by atoms with E-state index in [0.717, 1.165) is 54.3 Å². The molecule has 1 aliphatic heterocycles. The maximum absolute atomic E-state index is 12.6. The van der Waals surface area contributed by atoms with E-state index >= 15 is 0 Å². The van der Waals surface area contributed by atoms with Crippen LogP contribution in [-0.2, 0) is 19.5 Å². The highest BCUT2D eigenvalue weighted by Gasteiger charge is 2.21. The van der Waals surface area contributed by atoms with Gasteiger partial charge in [0.05, 0.1) is 13.2 Å². The van der Waals surface area contributed by atoms with Crippen molar-refractivity contribution in [1.82, 2.24) is 14.5 Å². The van der Waals surface area contributed by atoms with Gasteiger partial charge in [-0.1, -0.05) is 41.9 Å². The van der Waals surface area contributed by atoms with Crippen molar-refractivity contribution in [3.8, 4) is 5.75 Å². The van der Waals surface area contributed by atoms with Crippen molar-refractivity contribution < 1.29 is 4.74 Å². The lowest BCUT2D eigenvalue weighted by molar-refractivity contribution is 0.175. The first-order chi connectivity index (χ1) is 16.0. The molecule has 2 heterocycles.